The van der Waals surface area contributed by atoms with Crippen LogP contribution in [0.15, 0.2) is 78.4 Å². The van der Waals surface area contributed by atoms with Gasteiger partial charge < -0.3 is 9.84 Å². The van der Waals surface area contributed by atoms with Crippen LogP contribution in [0, 0.1) is 17.1 Å². The molecule has 1 aliphatic heterocycles. The van der Waals surface area contributed by atoms with Gasteiger partial charge in [-0.15, -0.1) is 0 Å². The summed E-state index contributed by atoms with van der Waals surface area (Å²) in [5, 5.41) is 20.2. The van der Waals surface area contributed by atoms with E-state index in [1.54, 1.807) is 48.5 Å². The lowest BCUT2D eigenvalue weighted by atomic mass is 9.95. The van der Waals surface area contributed by atoms with Crippen LogP contribution in [-0.2, 0) is 9.59 Å². The Morgan fingerprint density at radius 2 is 1.79 bits per heavy atom. The van der Waals surface area contributed by atoms with Gasteiger partial charge in [-0.05, 0) is 72.6 Å². The molecule has 1 heterocycles. The second-order valence-corrected chi connectivity index (χ2v) is 7.76. The highest BCUT2D eigenvalue weighted by atomic mass is 19.1. The number of rotatable bonds is 6. The average Bonchev–Trinajstić information content (AvgIpc) is 3.13. The zero-order valence-corrected chi connectivity index (χ0v) is 18.4. The third-order valence-electron chi connectivity index (χ3n) is 5.48. The summed E-state index contributed by atoms with van der Waals surface area (Å²) in [7, 11) is 0. The number of hydrogen-bond acceptors (Lipinski definition) is 5. The molecule has 0 bridgehead atoms. The number of halogens is 1. The number of Topliss-reactive ketones (excluding diaryl/α,β-unsaturated/α-hetero) is 1. The van der Waals surface area contributed by atoms with Crippen molar-refractivity contribution in [3.05, 3.63) is 101 Å². The fourth-order valence-electron chi connectivity index (χ4n) is 3.87. The number of aliphatic hydroxyl groups is 1. The van der Waals surface area contributed by atoms with Crippen molar-refractivity contribution in [1.82, 2.24) is 0 Å². The summed E-state index contributed by atoms with van der Waals surface area (Å²) in [4.78, 5) is 27.6. The van der Waals surface area contributed by atoms with E-state index >= 15 is 0 Å². The van der Waals surface area contributed by atoms with Gasteiger partial charge in [0, 0.05) is 11.3 Å². The maximum atomic E-state index is 13.4. The lowest BCUT2D eigenvalue weighted by Crippen LogP contribution is -2.29. The molecular weight excluding hydrogens is 435 g/mol. The number of nitriles is 1. The quantitative estimate of drug-likeness (QED) is 0.316. The normalized spacial score (nSPS) is 17.0. The molecule has 170 valence electrons. The molecule has 6 nitrogen and oxygen atoms in total. The molecule has 1 atom stereocenters. The summed E-state index contributed by atoms with van der Waals surface area (Å²) in [6.07, 6.45) is 0.804. The molecule has 0 radical (unpaired) electrons. The summed E-state index contributed by atoms with van der Waals surface area (Å²) in [5.74, 6) is -2.02. The molecule has 4 rings (SSSR count). The number of amides is 1. The molecule has 1 unspecified atom stereocenters. The van der Waals surface area contributed by atoms with E-state index in [0.717, 1.165) is 6.42 Å². The average molecular weight is 456 g/mol. The van der Waals surface area contributed by atoms with Gasteiger partial charge in [-0.2, -0.15) is 5.26 Å². The Balaban J connectivity index is 1.90. The Labute approximate surface area is 196 Å². The number of carbonyl (C=O) groups excluding carboxylic acids is 2. The largest absolute Gasteiger partial charge is 0.507 e. The number of ketones is 1. The lowest BCUT2D eigenvalue weighted by molar-refractivity contribution is -0.132. The summed E-state index contributed by atoms with van der Waals surface area (Å²) in [6.45, 7) is 2.47. The zero-order valence-electron chi connectivity index (χ0n) is 18.4. The molecule has 0 saturated carbocycles. The SMILES string of the molecule is CCCOc1cccc(C2/C(=C(/O)c3ccc(F)cc3)C(=O)C(=O)N2c2ccc(C#N)cc2)c1. The molecule has 7 heteroatoms. The molecule has 34 heavy (non-hydrogen) atoms. The van der Waals surface area contributed by atoms with Gasteiger partial charge >= 0.3 is 0 Å². The second-order valence-electron chi connectivity index (χ2n) is 7.76. The van der Waals surface area contributed by atoms with E-state index in [9.17, 15) is 19.1 Å². The van der Waals surface area contributed by atoms with Gasteiger partial charge in [0.05, 0.1) is 29.9 Å². The predicted molar refractivity (Wildman–Crippen MR) is 125 cm³/mol. The van der Waals surface area contributed by atoms with Gasteiger partial charge in [0.25, 0.3) is 11.7 Å². The minimum absolute atomic E-state index is 0.117. The second kappa shape index (κ2) is 9.59. The third-order valence-corrected chi connectivity index (χ3v) is 5.48. The molecule has 1 fully saturated rings. The van der Waals surface area contributed by atoms with E-state index in [2.05, 4.69) is 0 Å². The van der Waals surface area contributed by atoms with Gasteiger partial charge in [-0.25, -0.2) is 4.39 Å². The first-order valence-electron chi connectivity index (χ1n) is 10.7. The Morgan fingerprint density at radius 1 is 1.09 bits per heavy atom. The Morgan fingerprint density at radius 3 is 2.44 bits per heavy atom. The van der Waals surface area contributed by atoms with Crippen molar-refractivity contribution in [2.75, 3.05) is 11.5 Å². The van der Waals surface area contributed by atoms with Gasteiger partial charge in [0.1, 0.15) is 17.3 Å². The standard InChI is InChI=1S/C27H21FN2O4/c1-2-14-34-22-5-3-4-19(15-22)24-23(25(31)18-8-10-20(28)11-9-18)26(32)27(33)30(24)21-12-6-17(16-29)7-13-21/h3-13,15,24,31H,2,14H2,1H3/b25-23-. The van der Waals surface area contributed by atoms with Crippen molar-refractivity contribution in [2.45, 2.75) is 19.4 Å². The van der Waals surface area contributed by atoms with Crippen LogP contribution >= 0.6 is 0 Å². The van der Waals surface area contributed by atoms with E-state index in [4.69, 9.17) is 10.00 Å². The molecule has 3 aromatic rings. The number of carbonyl (C=O) groups is 2. The van der Waals surface area contributed by atoms with Crippen LogP contribution in [0.3, 0.4) is 0 Å². The van der Waals surface area contributed by atoms with Crippen molar-refractivity contribution < 1.29 is 23.8 Å². The van der Waals surface area contributed by atoms with Crippen LogP contribution in [0.2, 0.25) is 0 Å². The van der Waals surface area contributed by atoms with Crippen molar-refractivity contribution >= 4 is 23.1 Å². The first-order chi connectivity index (χ1) is 16.4. The Bertz CT molecular complexity index is 1310. The minimum atomic E-state index is -0.955. The summed E-state index contributed by atoms with van der Waals surface area (Å²) in [6, 6.07) is 19.3. The van der Waals surface area contributed by atoms with Gasteiger partial charge in [-0.1, -0.05) is 19.1 Å². The van der Waals surface area contributed by atoms with Crippen LogP contribution in [0.1, 0.15) is 36.1 Å². The van der Waals surface area contributed by atoms with E-state index in [1.165, 1.54) is 29.2 Å². The number of nitrogens with zero attached hydrogens (tertiary/aromatic N) is 2. The van der Waals surface area contributed by atoms with Gasteiger partial charge in [0.15, 0.2) is 0 Å². The molecule has 1 aliphatic rings. The van der Waals surface area contributed by atoms with Crippen molar-refractivity contribution in [2.24, 2.45) is 0 Å². The molecule has 1 amide bonds. The fraction of sp³-hybridized carbons (Fsp3) is 0.148. The van der Waals surface area contributed by atoms with E-state index in [-0.39, 0.29) is 11.1 Å². The monoisotopic (exact) mass is 456 g/mol. The van der Waals surface area contributed by atoms with Gasteiger partial charge in [0.2, 0.25) is 0 Å². The summed E-state index contributed by atoms with van der Waals surface area (Å²) >= 11 is 0. The third kappa shape index (κ3) is 4.26. The number of hydrogen-bond donors (Lipinski definition) is 1. The highest BCUT2D eigenvalue weighted by molar-refractivity contribution is 6.51. The van der Waals surface area contributed by atoms with E-state index < -0.39 is 29.3 Å². The van der Waals surface area contributed by atoms with Crippen molar-refractivity contribution in [1.29, 1.82) is 5.26 Å². The highest BCUT2D eigenvalue weighted by Crippen LogP contribution is 2.42. The van der Waals surface area contributed by atoms with Crippen LogP contribution in [-0.4, -0.2) is 23.4 Å². The molecule has 0 aliphatic carbocycles. The number of anilines is 1. The number of aliphatic hydroxyl groups excluding tert-OH is 1. The van der Waals surface area contributed by atoms with Crippen LogP contribution in [0.25, 0.3) is 5.76 Å². The van der Waals surface area contributed by atoms with E-state index in [0.29, 0.717) is 29.2 Å². The molecule has 0 spiro atoms. The van der Waals surface area contributed by atoms with Crippen molar-refractivity contribution in [3.8, 4) is 11.8 Å². The number of ether oxygens (including phenoxy) is 1. The van der Waals surface area contributed by atoms with Crippen LogP contribution in [0.5, 0.6) is 5.75 Å². The maximum absolute atomic E-state index is 13.4. The summed E-state index contributed by atoms with van der Waals surface area (Å²) in [5.41, 5.74) is 1.44. The van der Waals surface area contributed by atoms with Crippen molar-refractivity contribution in [3.63, 3.8) is 0 Å². The molecule has 1 N–H and O–H groups in total. The highest BCUT2D eigenvalue weighted by Gasteiger charge is 2.47. The first-order valence-corrected chi connectivity index (χ1v) is 10.7. The lowest BCUT2D eigenvalue weighted by Gasteiger charge is -2.26. The van der Waals surface area contributed by atoms with Crippen LogP contribution in [0.4, 0.5) is 10.1 Å². The molecule has 0 aromatic heterocycles. The number of benzene rings is 3. The zero-order chi connectivity index (χ0) is 24.2. The molecule has 1 saturated heterocycles. The van der Waals surface area contributed by atoms with Crippen LogP contribution < -0.4 is 9.64 Å². The minimum Gasteiger partial charge on any atom is -0.507 e. The molecular formula is C27H21FN2O4. The van der Waals surface area contributed by atoms with E-state index in [1.807, 2.05) is 13.0 Å². The summed E-state index contributed by atoms with van der Waals surface area (Å²) < 4.78 is 19.2. The fourth-order valence-corrected chi connectivity index (χ4v) is 3.87. The Kier molecular flexibility index (Phi) is 6.42. The topological polar surface area (TPSA) is 90.6 Å². The Hall–Kier alpha value is -4.44. The predicted octanol–water partition coefficient (Wildman–Crippen LogP) is 5.11. The molecule has 3 aromatic carbocycles. The smallest absolute Gasteiger partial charge is 0.300 e. The first kappa shape index (κ1) is 22.7. The van der Waals surface area contributed by atoms with Gasteiger partial charge in [-0.3, -0.25) is 14.5 Å². The maximum Gasteiger partial charge on any atom is 0.300 e.